The Hall–Kier alpha value is -1.62. The molecule has 2 aromatic rings. The fourth-order valence-corrected chi connectivity index (χ4v) is 3.14. The second kappa shape index (κ2) is 6.43. The first-order valence-electron chi connectivity index (χ1n) is 7.55. The van der Waals surface area contributed by atoms with Crippen molar-refractivity contribution in [3.8, 4) is 11.4 Å². The van der Waals surface area contributed by atoms with Crippen LogP contribution in [0.15, 0.2) is 18.2 Å². The molecule has 1 aromatic carbocycles. The SMILES string of the molecule is Nc1cc(-c2nnnn2CCC2CCCCC2)ccc1Cl. The lowest BCUT2D eigenvalue weighted by atomic mass is 9.87. The van der Waals surface area contributed by atoms with Crippen molar-refractivity contribution < 1.29 is 0 Å². The Kier molecular flexibility index (Phi) is 4.39. The lowest BCUT2D eigenvalue weighted by Crippen LogP contribution is -2.11. The Labute approximate surface area is 129 Å². The molecule has 0 radical (unpaired) electrons. The van der Waals surface area contributed by atoms with Crippen molar-refractivity contribution in [2.45, 2.75) is 45.1 Å². The first-order valence-corrected chi connectivity index (χ1v) is 7.93. The zero-order valence-electron chi connectivity index (χ0n) is 12.0. The van der Waals surface area contributed by atoms with Gasteiger partial charge in [0.1, 0.15) is 0 Å². The lowest BCUT2D eigenvalue weighted by molar-refractivity contribution is 0.318. The largest absolute Gasteiger partial charge is 0.398 e. The fraction of sp³-hybridized carbons (Fsp3) is 0.533. The third-order valence-electron chi connectivity index (χ3n) is 4.26. The van der Waals surface area contributed by atoms with Crippen LogP contribution in [-0.4, -0.2) is 20.2 Å². The number of hydrogen-bond acceptors (Lipinski definition) is 4. The molecule has 1 aliphatic carbocycles. The number of aromatic nitrogens is 4. The molecule has 0 spiro atoms. The van der Waals surface area contributed by atoms with E-state index in [0.29, 0.717) is 10.7 Å². The third-order valence-corrected chi connectivity index (χ3v) is 4.60. The maximum Gasteiger partial charge on any atom is 0.182 e. The number of halogens is 1. The van der Waals surface area contributed by atoms with Gasteiger partial charge in [-0.15, -0.1) is 5.10 Å². The van der Waals surface area contributed by atoms with Gasteiger partial charge in [-0.05, 0) is 41.0 Å². The zero-order valence-corrected chi connectivity index (χ0v) is 12.8. The molecule has 0 amide bonds. The number of nitrogen functional groups attached to an aromatic ring is 1. The second-order valence-corrected chi connectivity index (χ2v) is 6.16. The Bertz CT molecular complexity index is 604. The van der Waals surface area contributed by atoms with Gasteiger partial charge < -0.3 is 5.73 Å². The van der Waals surface area contributed by atoms with Crippen LogP contribution in [0.4, 0.5) is 5.69 Å². The van der Waals surface area contributed by atoms with Crippen molar-refractivity contribution in [3.63, 3.8) is 0 Å². The van der Waals surface area contributed by atoms with Crippen molar-refractivity contribution in [2.75, 3.05) is 5.73 Å². The zero-order chi connectivity index (χ0) is 14.7. The highest BCUT2D eigenvalue weighted by Gasteiger charge is 2.15. The minimum atomic E-state index is 0.552. The van der Waals surface area contributed by atoms with Crippen molar-refractivity contribution >= 4 is 17.3 Å². The molecule has 112 valence electrons. The lowest BCUT2D eigenvalue weighted by Gasteiger charge is -2.21. The number of rotatable bonds is 4. The fourth-order valence-electron chi connectivity index (χ4n) is 3.03. The van der Waals surface area contributed by atoms with Gasteiger partial charge in [0.15, 0.2) is 5.82 Å². The van der Waals surface area contributed by atoms with E-state index in [1.165, 1.54) is 32.1 Å². The van der Waals surface area contributed by atoms with Gasteiger partial charge in [0.05, 0.1) is 10.7 Å². The van der Waals surface area contributed by atoms with E-state index >= 15 is 0 Å². The summed E-state index contributed by atoms with van der Waals surface area (Å²) in [7, 11) is 0. The summed E-state index contributed by atoms with van der Waals surface area (Å²) < 4.78 is 1.87. The van der Waals surface area contributed by atoms with E-state index in [-0.39, 0.29) is 0 Å². The molecule has 1 aromatic heterocycles. The van der Waals surface area contributed by atoms with Gasteiger partial charge in [0.2, 0.25) is 0 Å². The number of tetrazole rings is 1. The first kappa shape index (κ1) is 14.3. The molecule has 0 saturated heterocycles. The summed E-state index contributed by atoms with van der Waals surface area (Å²) in [6.45, 7) is 0.857. The number of nitrogens with zero attached hydrogens (tertiary/aromatic N) is 4. The second-order valence-electron chi connectivity index (χ2n) is 5.75. The molecule has 5 nitrogen and oxygen atoms in total. The molecule has 0 unspecified atom stereocenters. The Morgan fingerprint density at radius 3 is 2.81 bits per heavy atom. The molecular formula is C15H20ClN5. The van der Waals surface area contributed by atoms with Crippen molar-refractivity contribution in [1.29, 1.82) is 0 Å². The number of aryl methyl sites for hydroxylation is 1. The molecule has 0 bridgehead atoms. The van der Waals surface area contributed by atoms with E-state index in [1.54, 1.807) is 6.07 Å². The van der Waals surface area contributed by atoms with Crippen LogP contribution in [0.3, 0.4) is 0 Å². The summed E-state index contributed by atoms with van der Waals surface area (Å²) in [4.78, 5) is 0. The normalized spacial score (nSPS) is 16.2. The van der Waals surface area contributed by atoms with E-state index in [9.17, 15) is 0 Å². The highest BCUT2D eigenvalue weighted by Crippen LogP contribution is 2.28. The van der Waals surface area contributed by atoms with Gasteiger partial charge in [-0.25, -0.2) is 4.68 Å². The number of benzene rings is 1. The van der Waals surface area contributed by atoms with Gasteiger partial charge in [0.25, 0.3) is 0 Å². The maximum absolute atomic E-state index is 5.96. The minimum Gasteiger partial charge on any atom is -0.398 e. The van der Waals surface area contributed by atoms with E-state index in [1.807, 2.05) is 16.8 Å². The van der Waals surface area contributed by atoms with Gasteiger partial charge in [0, 0.05) is 12.1 Å². The predicted molar refractivity (Wildman–Crippen MR) is 83.9 cm³/mol. The molecule has 1 fully saturated rings. The van der Waals surface area contributed by atoms with E-state index < -0.39 is 0 Å². The van der Waals surface area contributed by atoms with Crippen molar-refractivity contribution in [3.05, 3.63) is 23.2 Å². The van der Waals surface area contributed by atoms with Gasteiger partial charge in [-0.1, -0.05) is 43.7 Å². The Morgan fingerprint density at radius 2 is 2.05 bits per heavy atom. The van der Waals surface area contributed by atoms with Crippen LogP contribution in [-0.2, 0) is 6.54 Å². The van der Waals surface area contributed by atoms with E-state index in [2.05, 4.69) is 15.5 Å². The average molecular weight is 306 g/mol. The molecule has 6 heteroatoms. The summed E-state index contributed by atoms with van der Waals surface area (Å²) in [5, 5.41) is 12.6. The smallest absolute Gasteiger partial charge is 0.182 e. The van der Waals surface area contributed by atoms with Crippen LogP contribution in [0.25, 0.3) is 11.4 Å². The van der Waals surface area contributed by atoms with Crippen LogP contribution < -0.4 is 5.73 Å². The van der Waals surface area contributed by atoms with Crippen LogP contribution in [0, 0.1) is 5.92 Å². The molecule has 2 N–H and O–H groups in total. The molecule has 1 aliphatic rings. The Morgan fingerprint density at radius 1 is 1.24 bits per heavy atom. The highest BCUT2D eigenvalue weighted by atomic mass is 35.5. The van der Waals surface area contributed by atoms with Gasteiger partial charge in [-0.3, -0.25) is 0 Å². The van der Waals surface area contributed by atoms with Crippen LogP contribution in [0.2, 0.25) is 5.02 Å². The van der Waals surface area contributed by atoms with Gasteiger partial charge in [-0.2, -0.15) is 0 Å². The molecular weight excluding hydrogens is 286 g/mol. The average Bonchev–Trinajstić information content (AvgIpc) is 2.97. The topological polar surface area (TPSA) is 69.6 Å². The summed E-state index contributed by atoms with van der Waals surface area (Å²) >= 11 is 5.96. The van der Waals surface area contributed by atoms with Gasteiger partial charge >= 0.3 is 0 Å². The first-order chi connectivity index (χ1) is 10.2. The van der Waals surface area contributed by atoms with E-state index in [0.717, 1.165) is 30.3 Å². The van der Waals surface area contributed by atoms with Crippen LogP contribution in [0.1, 0.15) is 38.5 Å². The molecule has 1 heterocycles. The van der Waals surface area contributed by atoms with Crippen molar-refractivity contribution in [2.24, 2.45) is 5.92 Å². The van der Waals surface area contributed by atoms with Crippen molar-refractivity contribution in [1.82, 2.24) is 20.2 Å². The molecule has 21 heavy (non-hydrogen) atoms. The Balaban J connectivity index is 1.72. The number of nitrogens with two attached hydrogens (primary N) is 1. The molecule has 0 atom stereocenters. The number of anilines is 1. The predicted octanol–water partition coefficient (Wildman–Crippen LogP) is 3.55. The molecule has 0 aliphatic heterocycles. The summed E-state index contributed by atoms with van der Waals surface area (Å²) in [6, 6.07) is 5.51. The third kappa shape index (κ3) is 3.35. The monoisotopic (exact) mass is 305 g/mol. The summed E-state index contributed by atoms with van der Waals surface area (Å²) in [5.74, 6) is 1.57. The highest BCUT2D eigenvalue weighted by molar-refractivity contribution is 6.33. The maximum atomic E-state index is 5.96. The van der Waals surface area contributed by atoms with Crippen LogP contribution >= 0.6 is 11.6 Å². The van der Waals surface area contributed by atoms with Crippen LogP contribution in [0.5, 0.6) is 0 Å². The van der Waals surface area contributed by atoms with E-state index in [4.69, 9.17) is 17.3 Å². The summed E-state index contributed by atoms with van der Waals surface area (Å²) in [6.07, 6.45) is 7.93. The minimum absolute atomic E-state index is 0.552. The number of hydrogen-bond donors (Lipinski definition) is 1. The standard InChI is InChI=1S/C15H20ClN5/c16-13-7-6-12(10-14(13)17)15-18-19-20-21(15)9-8-11-4-2-1-3-5-11/h6-7,10-11H,1-5,8-9,17H2. The summed E-state index contributed by atoms with van der Waals surface area (Å²) in [5.41, 5.74) is 7.32. The molecule has 1 saturated carbocycles. The quantitative estimate of drug-likeness (QED) is 0.877. The molecule has 3 rings (SSSR count).